The molecule has 0 aliphatic carbocycles. The smallest absolute Gasteiger partial charge is 0.141 e. The van der Waals surface area contributed by atoms with Crippen LogP contribution in [0.5, 0.6) is 5.75 Å². The van der Waals surface area contributed by atoms with Crippen LogP contribution in [0.4, 0.5) is 0 Å². The van der Waals surface area contributed by atoms with Crippen LogP contribution in [0.15, 0.2) is 18.2 Å². The van der Waals surface area contributed by atoms with Crippen molar-refractivity contribution in [3.63, 3.8) is 0 Å². The Morgan fingerprint density at radius 1 is 1.54 bits per heavy atom. The standard InChI is InChI=1S/C10H12ClNO/c1-8-5-6-10(13)9(12-8)4-2-3-7-11/h2,4-6,13H,3,7H2,1H3. The average molecular weight is 198 g/mol. The van der Waals surface area contributed by atoms with Gasteiger partial charge in [0.15, 0.2) is 0 Å². The first kappa shape index (κ1) is 10.1. The van der Waals surface area contributed by atoms with Crippen LogP contribution in [-0.4, -0.2) is 16.0 Å². The topological polar surface area (TPSA) is 33.1 Å². The van der Waals surface area contributed by atoms with E-state index in [1.807, 2.05) is 13.0 Å². The van der Waals surface area contributed by atoms with Gasteiger partial charge in [-0.15, -0.1) is 11.6 Å². The summed E-state index contributed by atoms with van der Waals surface area (Å²) in [5.41, 5.74) is 1.49. The summed E-state index contributed by atoms with van der Waals surface area (Å²) in [6.45, 7) is 1.89. The van der Waals surface area contributed by atoms with Crippen molar-refractivity contribution in [1.82, 2.24) is 4.98 Å². The van der Waals surface area contributed by atoms with Crippen molar-refractivity contribution in [2.75, 3.05) is 5.88 Å². The van der Waals surface area contributed by atoms with Crippen LogP contribution in [0.1, 0.15) is 17.8 Å². The number of hydrogen-bond acceptors (Lipinski definition) is 2. The molecular weight excluding hydrogens is 186 g/mol. The zero-order valence-corrected chi connectivity index (χ0v) is 8.25. The lowest BCUT2D eigenvalue weighted by atomic mass is 10.2. The van der Waals surface area contributed by atoms with Crippen LogP contribution >= 0.6 is 11.6 Å². The van der Waals surface area contributed by atoms with Gasteiger partial charge in [-0.1, -0.05) is 6.08 Å². The highest BCUT2D eigenvalue weighted by atomic mass is 35.5. The second-order valence-electron chi connectivity index (χ2n) is 2.74. The van der Waals surface area contributed by atoms with Crippen LogP contribution < -0.4 is 0 Å². The Labute approximate surface area is 82.9 Å². The molecular formula is C10H12ClNO. The van der Waals surface area contributed by atoms with Gasteiger partial charge in [-0.25, -0.2) is 4.98 Å². The summed E-state index contributed by atoms with van der Waals surface area (Å²) >= 11 is 5.50. The molecule has 0 amide bonds. The van der Waals surface area contributed by atoms with E-state index < -0.39 is 0 Å². The molecule has 1 aromatic rings. The van der Waals surface area contributed by atoms with E-state index in [9.17, 15) is 5.11 Å². The summed E-state index contributed by atoms with van der Waals surface area (Å²) in [5, 5.41) is 9.39. The number of aromatic nitrogens is 1. The molecule has 0 radical (unpaired) electrons. The Bertz CT molecular complexity index is 310. The summed E-state index contributed by atoms with van der Waals surface area (Å²) in [7, 11) is 0. The van der Waals surface area contributed by atoms with E-state index in [1.165, 1.54) is 0 Å². The van der Waals surface area contributed by atoms with Gasteiger partial charge in [0, 0.05) is 11.6 Å². The van der Waals surface area contributed by atoms with Crippen molar-refractivity contribution in [3.05, 3.63) is 29.6 Å². The normalized spacial score (nSPS) is 10.9. The van der Waals surface area contributed by atoms with Gasteiger partial charge in [0.2, 0.25) is 0 Å². The largest absolute Gasteiger partial charge is 0.506 e. The van der Waals surface area contributed by atoms with Crippen LogP contribution in [0.2, 0.25) is 0 Å². The van der Waals surface area contributed by atoms with E-state index in [2.05, 4.69) is 4.98 Å². The maximum Gasteiger partial charge on any atom is 0.141 e. The molecule has 0 fully saturated rings. The lowest BCUT2D eigenvalue weighted by molar-refractivity contribution is 0.470. The molecule has 1 rings (SSSR count). The third-order valence-electron chi connectivity index (χ3n) is 1.59. The third-order valence-corrected chi connectivity index (χ3v) is 1.81. The van der Waals surface area contributed by atoms with Crippen LogP contribution in [0, 0.1) is 6.92 Å². The van der Waals surface area contributed by atoms with E-state index in [-0.39, 0.29) is 5.75 Å². The maximum atomic E-state index is 9.39. The van der Waals surface area contributed by atoms with Gasteiger partial charge in [-0.3, -0.25) is 0 Å². The van der Waals surface area contributed by atoms with Crippen molar-refractivity contribution in [2.45, 2.75) is 13.3 Å². The molecule has 0 bridgehead atoms. The fourth-order valence-corrected chi connectivity index (χ4v) is 1.08. The number of halogens is 1. The lowest BCUT2D eigenvalue weighted by Crippen LogP contribution is -1.85. The molecule has 0 saturated carbocycles. The molecule has 0 atom stereocenters. The summed E-state index contributed by atoms with van der Waals surface area (Å²) in [4.78, 5) is 4.16. The first-order chi connectivity index (χ1) is 6.24. The van der Waals surface area contributed by atoms with Gasteiger partial charge >= 0.3 is 0 Å². The number of aromatic hydroxyl groups is 1. The minimum absolute atomic E-state index is 0.205. The Hall–Kier alpha value is -1.02. The first-order valence-electron chi connectivity index (χ1n) is 4.13. The molecule has 3 heteroatoms. The molecule has 0 aliphatic heterocycles. The number of aryl methyl sites for hydroxylation is 1. The summed E-state index contributed by atoms with van der Waals surface area (Å²) in [5.74, 6) is 0.791. The third kappa shape index (κ3) is 3.07. The lowest BCUT2D eigenvalue weighted by Gasteiger charge is -1.98. The molecule has 70 valence electrons. The van der Waals surface area contributed by atoms with Crippen molar-refractivity contribution in [1.29, 1.82) is 0 Å². The monoisotopic (exact) mass is 197 g/mol. The molecule has 1 heterocycles. The Morgan fingerprint density at radius 2 is 2.31 bits per heavy atom. The molecule has 0 saturated heterocycles. The molecule has 2 nitrogen and oxygen atoms in total. The molecule has 13 heavy (non-hydrogen) atoms. The zero-order chi connectivity index (χ0) is 9.68. The van der Waals surface area contributed by atoms with E-state index in [1.54, 1.807) is 18.2 Å². The fraction of sp³-hybridized carbons (Fsp3) is 0.300. The van der Waals surface area contributed by atoms with Gasteiger partial charge in [0.1, 0.15) is 11.4 Å². The van der Waals surface area contributed by atoms with Gasteiger partial charge in [0.05, 0.1) is 0 Å². The predicted molar refractivity (Wildman–Crippen MR) is 55.0 cm³/mol. The highest BCUT2D eigenvalue weighted by molar-refractivity contribution is 6.17. The van der Waals surface area contributed by atoms with Crippen LogP contribution in [-0.2, 0) is 0 Å². The fourth-order valence-electron chi connectivity index (χ4n) is 0.950. The van der Waals surface area contributed by atoms with Crippen molar-refractivity contribution >= 4 is 17.7 Å². The molecule has 1 aromatic heterocycles. The van der Waals surface area contributed by atoms with E-state index in [4.69, 9.17) is 11.6 Å². The van der Waals surface area contributed by atoms with Crippen LogP contribution in [0.25, 0.3) is 6.08 Å². The Balaban J connectivity index is 2.81. The second kappa shape index (κ2) is 4.87. The second-order valence-corrected chi connectivity index (χ2v) is 3.11. The predicted octanol–water partition coefficient (Wildman–Crippen LogP) is 2.74. The summed E-state index contributed by atoms with van der Waals surface area (Å²) in [6, 6.07) is 3.41. The van der Waals surface area contributed by atoms with E-state index >= 15 is 0 Å². The minimum Gasteiger partial charge on any atom is -0.506 e. The highest BCUT2D eigenvalue weighted by Crippen LogP contribution is 2.16. The Morgan fingerprint density at radius 3 is 3.00 bits per heavy atom. The van der Waals surface area contributed by atoms with Gasteiger partial charge in [-0.2, -0.15) is 0 Å². The molecule has 0 spiro atoms. The van der Waals surface area contributed by atoms with Gasteiger partial charge in [-0.05, 0) is 31.6 Å². The molecule has 0 aromatic carbocycles. The zero-order valence-electron chi connectivity index (χ0n) is 7.50. The number of nitrogens with zero attached hydrogens (tertiary/aromatic N) is 1. The number of rotatable bonds is 3. The van der Waals surface area contributed by atoms with Crippen LogP contribution in [0.3, 0.4) is 0 Å². The van der Waals surface area contributed by atoms with E-state index in [0.717, 1.165) is 12.1 Å². The average Bonchev–Trinajstić information content (AvgIpc) is 2.11. The molecule has 0 aliphatic rings. The highest BCUT2D eigenvalue weighted by Gasteiger charge is 1.97. The number of pyridine rings is 1. The Kier molecular flexibility index (Phi) is 3.77. The summed E-state index contributed by atoms with van der Waals surface area (Å²) < 4.78 is 0. The van der Waals surface area contributed by atoms with Crippen molar-refractivity contribution in [2.24, 2.45) is 0 Å². The summed E-state index contributed by atoms with van der Waals surface area (Å²) in [6.07, 6.45) is 4.47. The number of allylic oxidation sites excluding steroid dienone is 1. The van der Waals surface area contributed by atoms with E-state index in [0.29, 0.717) is 11.6 Å². The number of alkyl halides is 1. The molecule has 0 unspecified atom stereocenters. The quantitative estimate of drug-likeness (QED) is 0.756. The maximum absolute atomic E-state index is 9.39. The molecule has 1 N–H and O–H groups in total. The van der Waals surface area contributed by atoms with Gasteiger partial charge < -0.3 is 5.11 Å². The van der Waals surface area contributed by atoms with Crippen molar-refractivity contribution in [3.8, 4) is 5.75 Å². The van der Waals surface area contributed by atoms with Crippen molar-refractivity contribution < 1.29 is 5.11 Å². The SMILES string of the molecule is Cc1ccc(O)c(C=CCCCl)n1. The first-order valence-corrected chi connectivity index (χ1v) is 4.66. The number of hydrogen-bond donors (Lipinski definition) is 1. The van der Waals surface area contributed by atoms with Gasteiger partial charge in [0.25, 0.3) is 0 Å². The minimum atomic E-state index is 0.205.